The minimum absolute atomic E-state index is 0.0167. The number of aliphatic hydroxyl groups is 1. The smallest absolute Gasteiger partial charge is 0.410 e. The van der Waals surface area contributed by atoms with E-state index < -0.39 is 0 Å². The van der Waals surface area contributed by atoms with Crippen LogP contribution in [-0.4, -0.2) is 35.8 Å². The molecule has 0 fully saturated rings. The fourth-order valence-corrected chi connectivity index (χ4v) is 1.88. The van der Waals surface area contributed by atoms with E-state index in [0.717, 1.165) is 5.56 Å². The second-order valence-corrected chi connectivity index (χ2v) is 4.32. The number of ether oxygens (including phenoxy) is 1. The lowest BCUT2D eigenvalue weighted by Gasteiger charge is -2.27. The molecule has 0 aromatic heterocycles. The maximum Gasteiger partial charge on any atom is 0.410 e. The second-order valence-electron chi connectivity index (χ2n) is 4.32. The number of rotatable bonds is 3. The molecule has 1 aliphatic rings. The Hall–Kier alpha value is -1.81. The number of hydrogen-bond donors (Lipinski definition) is 1. The number of hydrogen-bond acceptors (Lipinski definition) is 3. The summed E-state index contributed by atoms with van der Waals surface area (Å²) in [4.78, 5) is 13.4. The standard InChI is InChI=1S/C14H17NO3/c16-10-13-7-4-8-15(9-13)14(17)18-11-12-5-2-1-3-6-12/h1-7,13,16H,8-11H2. The van der Waals surface area contributed by atoms with Crippen molar-refractivity contribution in [2.45, 2.75) is 6.61 Å². The molecule has 0 saturated carbocycles. The van der Waals surface area contributed by atoms with Gasteiger partial charge in [-0.3, -0.25) is 0 Å². The van der Waals surface area contributed by atoms with Crippen LogP contribution in [-0.2, 0) is 11.3 Å². The third-order valence-electron chi connectivity index (χ3n) is 2.89. The fourth-order valence-electron chi connectivity index (χ4n) is 1.88. The molecule has 4 heteroatoms. The lowest BCUT2D eigenvalue weighted by Crippen LogP contribution is -2.38. The van der Waals surface area contributed by atoms with Gasteiger partial charge in [-0.25, -0.2) is 4.79 Å². The summed E-state index contributed by atoms with van der Waals surface area (Å²) in [6.07, 6.45) is 3.48. The van der Waals surface area contributed by atoms with Gasteiger partial charge in [0.2, 0.25) is 0 Å². The normalized spacial score (nSPS) is 18.7. The van der Waals surface area contributed by atoms with Crippen LogP contribution in [0.1, 0.15) is 5.56 Å². The number of nitrogens with zero attached hydrogens (tertiary/aromatic N) is 1. The Balaban J connectivity index is 1.83. The molecule has 1 aromatic rings. The van der Waals surface area contributed by atoms with Crippen molar-refractivity contribution in [1.29, 1.82) is 0 Å². The van der Waals surface area contributed by atoms with Crippen LogP contribution in [0.5, 0.6) is 0 Å². The number of aliphatic hydroxyl groups excluding tert-OH is 1. The van der Waals surface area contributed by atoms with Gasteiger partial charge in [-0.1, -0.05) is 42.5 Å². The van der Waals surface area contributed by atoms with Gasteiger partial charge in [0, 0.05) is 19.0 Å². The first-order valence-corrected chi connectivity index (χ1v) is 6.02. The molecule has 1 aromatic carbocycles. The molecule has 1 amide bonds. The molecule has 0 radical (unpaired) electrons. The average molecular weight is 247 g/mol. The molecule has 1 N–H and O–H groups in total. The second kappa shape index (κ2) is 6.21. The third-order valence-corrected chi connectivity index (χ3v) is 2.89. The van der Waals surface area contributed by atoms with Crippen molar-refractivity contribution in [3.8, 4) is 0 Å². The third kappa shape index (κ3) is 3.34. The van der Waals surface area contributed by atoms with E-state index >= 15 is 0 Å². The first-order valence-electron chi connectivity index (χ1n) is 6.02. The number of amides is 1. The molecule has 96 valence electrons. The summed E-state index contributed by atoms with van der Waals surface area (Å²) in [6.45, 7) is 1.40. The number of benzene rings is 1. The molecule has 1 heterocycles. The lowest BCUT2D eigenvalue weighted by molar-refractivity contribution is 0.0900. The molecular formula is C14H17NO3. The van der Waals surface area contributed by atoms with Crippen molar-refractivity contribution in [3.05, 3.63) is 48.0 Å². The summed E-state index contributed by atoms with van der Waals surface area (Å²) < 4.78 is 5.23. The highest BCUT2D eigenvalue weighted by molar-refractivity contribution is 5.68. The van der Waals surface area contributed by atoms with Crippen LogP contribution in [0, 0.1) is 5.92 Å². The molecular weight excluding hydrogens is 230 g/mol. The summed E-state index contributed by atoms with van der Waals surface area (Å²) in [5.74, 6) is 0.0167. The zero-order valence-electron chi connectivity index (χ0n) is 10.2. The van der Waals surface area contributed by atoms with Crippen LogP contribution in [0.3, 0.4) is 0 Å². The van der Waals surface area contributed by atoms with Crippen LogP contribution in [0.25, 0.3) is 0 Å². The van der Waals surface area contributed by atoms with Crippen LogP contribution in [0.2, 0.25) is 0 Å². The van der Waals surface area contributed by atoms with Crippen molar-refractivity contribution in [2.75, 3.05) is 19.7 Å². The van der Waals surface area contributed by atoms with E-state index in [1.165, 1.54) is 0 Å². The van der Waals surface area contributed by atoms with E-state index in [4.69, 9.17) is 9.84 Å². The molecule has 1 unspecified atom stereocenters. The molecule has 2 rings (SSSR count). The highest BCUT2D eigenvalue weighted by atomic mass is 16.6. The van der Waals surface area contributed by atoms with Crippen LogP contribution in [0.4, 0.5) is 4.79 Å². The maximum absolute atomic E-state index is 11.8. The lowest BCUT2D eigenvalue weighted by atomic mass is 10.1. The fraction of sp³-hybridized carbons (Fsp3) is 0.357. The van der Waals surface area contributed by atoms with Crippen LogP contribution >= 0.6 is 0 Å². The van der Waals surface area contributed by atoms with Crippen molar-refractivity contribution in [1.82, 2.24) is 4.90 Å². The Labute approximate surface area is 106 Å². The van der Waals surface area contributed by atoms with Crippen LogP contribution < -0.4 is 0 Å². The van der Waals surface area contributed by atoms with E-state index in [0.29, 0.717) is 13.1 Å². The highest BCUT2D eigenvalue weighted by Gasteiger charge is 2.20. The van der Waals surface area contributed by atoms with E-state index in [9.17, 15) is 4.79 Å². The van der Waals surface area contributed by atoms with Gasteiger partial charge in [-0.15, -0.1) is 0 Å². The van der Waals surface area contributed by atoms with E-state index in [2.05, 4.69) is 0 Å². The van der Waals surface area contributed by atoms with Gasteiger partial charge in [0.15, 0.2) is 0 Å². The zero-order chi connectivity index (χ0) is 12.8. The Morgan fingerprint density at radius 3 is 2.89 bits per heavy atom. The Morgan fingerprint density at radius 1 is 1.39 bits per heavy atom. The molecule has 0 aliphatic carbocycles. The van der Waals surface area contributed by atoms with Gasteiger partial charge in [0.25, 0.3) is 0 Å². The topological polar surface area (TPSA) is 49.8 Å². The molecule has 0 saturated heterocycles. The largest absolute Gasteiger partial charge is 0.445 e. The van der Waals surface area contributed by atoms with Gasteiger partial charge in [0.05, 0.1) is 6.61 Å². The van der Waals surface area contributed by atoms with E-state index in [1.807, 2.05) is 42.5 Å². The Bertz CT molecular complexity index is 416. The summed E-state index contributed by atoms with van der Waals surface area (Å²) >= 11 is 0. The first-order chi connectivity index (χ1) is 8.79. The Morgan fingerprint density at radius 2 is 2.17 bits per heavy atom. The van der Waals surface area contributed by atoms with Gasteiger partial charge < -0.3 is 14.7 Å². The highest BCUT2D eigenvalue weighted by Crippen LogP contribution is 2.11. The van der Waals surface area contributed by atoms with Gasteiger partial charge in [-0.05, 0) is 5.56 Å². The quantitative estimate of drug-likeness (QED) is 0.829. The molecule has 18 heavy (non-hydrogen) atoms. The minimum atomic E-state index is -0.332. The molecule has 1 atom stereocenters. The minimum Gasteiger partial charge on any atom is -0.445 e. The van der Waals surface area contributed by atoms with Gasteiger partial charge >= 0.3 is 6.09 Å². The summed E-state index contributed by atoms with van der Waals surface area (Å²) in [6, 6.07) is 9.58. The van der Waals surface area contributed by atoms with Crippen LogP contribution in [0.15, 0.2) is 42.5 Å². The predicted molar refractivity (Wildman–Crippen MR) is 67.9 cm³/mol. The van der Waals surface area contributed by atoms with E-state index in [1.54, 1.807) is 4.90 Å². The summed E-state index contributed by atoms with van der Waals surface area (Å²) in [5, 5.41) is 9.07. The summed E-state index contributed by atoms with van der Waals surface area (Å²) in [7, 11) is 0. The molecule has 4 nitrogen and oxygen atoms in total. The van der Waals surface area contributed by atoms with Crippen molar-refractivity contribution in [3.63, 3.8) is 0 Å². The molecule has 0 spiro atoms. The zero-order valence-corrected chi connectivity index (χ0v) is 10.2. The number of carbonyl (C=O) groups excluding carboxylic acids is 1. The monoisotopic (exact) mass is 247 g/mol. The van der Waals surface area contributed by atoms with Crippen molar-refractivity contribution < 1.29 is 14.6 Å². The first kappa shape index (κ1) is 12.6. The van der Waals surface area contributed by atoms with Crippen molar-refractivity contribution >= 4 is 6.09 Å². The molecule has 1 aliphatic heterocycles. The maximum atomic E-state index is 11.8. The average Bonchev–Trinajstić information content (AvgIpc) is 2.46. The van der Waals surface area contributed by atoms with Gasteiger partial charge in [-0.2, -0.15) is 0 Å². The number of carbonyl (C=O) groups is 1. The summed E-state index contributed by atoms with van der Waals surface area (Å²) in [5.41, 5.74) is 0.970. The van der Waals surface area contributed by atoms with Gasteiger partial charge in [0.1, 0.15) is 6.61 Å². The molecule has 0 bridgehead atoms. The van der Waals surface area contributed by atoms with E-state index in [-0.39, 0.29) is 25.2 Å². The SMILES string of the molecule is O=C(OCc1ccccc1)N1CC=CC(CO)C1. The predicted octanol–water partition coefficient (Wildman–Crippen LogP) is 1.80. The Kier molecular flexibility index (Phi) is 4.36. The van der Waals surface area contributed by atoms with Crippen molar-refractivity contribution in [2.24, 2.45) is 5.92 Å².